The minimum Gasteiger partial charge on any atom is -0.330 e. The lowest BCUT2D eigenvalue weighted by atomic mass is 10.0. The zero-order valence-electron chi connectivity index (χ0n) is 11.8. The molecular weight excluding hydrogens is 274 g/mol. The number of benzene rings is 1. The Bertz CT molecular complexity index is 484. The van der Waals surface area contributed by atoms with E-state index in [1.807, 2.05) is 24.3 Å². The molecule has 2 heterocycles. The molecule has 0 saturated carbocycles. The number of hydrogen-bond donors (Lipinski definition) is 0. The predicted molar refractivity (Wildman–Crippen MR) is 78.8 cm³/mol. The van der Waals surface area contributed by atoms with Crippen molar-refractivity contribution in [3.8, 4) is 0 Å². The number of rotatable bonds is 4. The normalized spacial score (nSPS) is 28.1. The molecule has 2 aliphatic heterocycles. The van der Waals surface area contributed by atoms with Gasteiger partial charge in [-0.3, -0.25) is 4.90 Å². The minimum atomic E-state index is -0.632. The van der Waals surface area contributed by atoms with Crippen molar-refractivity contribution in [2.75, 3.05) is 19.6 Å². The average molecular weight is 294 g/mol. The van der Waals surface area contributed by atoms with E-state index in [1.165, 1.54) is 12.8 Å². The minimum absolute atomic E-state index is 0.0604. The van der Waals surface area contributed by atoms with Crippen molar-refractivity contribution < 1.29 is 4.74 Å². The Morgan fingerprint density at radius 3 is 2.55 bits per heavy atom. The standard InChI is InChI=1S/C15H20ClN3O/c1-12(19-10-2-3-11-19)20-15(8-9-17-18-15)13-4-6-14(16)7-5-13/h4-7,12H,2-3,8-11H2,1H3. The highest BCUT2D eigenvalue weighted by molar-refractivity contribution is 6.30. The van der Waals surface area contributed by atoms with Crippen molar-refractivity contribution in [3.05, 3.63) is 34.9 Å². The second kappa shape index (κ2) is 5.80. The molecule has 2 aliphatic rings. The van der Waals surface area contributed by atoms with Crippen molar-refractivity contribution in [1.82, 2.24) is 4.90 Å². The van der Waals surface area contributed by atoms with Crippen molar-refractivity contribution in [2.45, 2.75) is 38.1 Å². The summed E-state index contributed by atoms with van der Waals surface area (Å²) in [6.07, 6.45) is 3.37. The first-order valence-electron chi connectivity index (χ1n) is 7.26. The van der Waals surface area contributed by atoms with Crippen LogP contribution < -0.4 is 0 Å². The summed E-state index contributed by atoms with van der Waals surface area (Å²) in [6.45, 7) is 5.04. The number of nitrogens with zero attached hydrogens (tertiary/aromatic N) is 3. The molecule has 0 spiro atoms. The number of halogens is 1. The van der Waals surface area contributed by atoms with E-state index in [4.69, 9.17) is 16.3 Å². The van der Waals surface area contributed by atoms with Crippen LogP contribution in [0, 0.1) is 0 Å². The van der Waals surface area contributed by atoms with E-state index in [0.717, 1.165) is 36.6 Å². The van der Waals surface area contributed by atoms with Crippen LogP contribution in [-0.4, -0.2) is 30.8 Å². The maximum Gasteiger partial charge on any atom is 0.208 e. The van der Waals surface area contributed by atoms with Gasteiger partial charge >= 0.3 is 0 Å². The lowest BCUT2D eigenvalue weighted by Crippen LogP contribution is -2.39. The topological polar surface area (TPSA) is 37.2 Å². The zero-order chi connectivity index (χ0) is 14.0. The molecule has 0 bridgehead atoms. The van der Waals surface area contributed by atoms with Gasteiger partial charge in [0.15, 0.2) is 0 Å². The number of likely N-dealkylation sites (tertiary alicyclic amines) is 1. The van der Waals surface area contributed by atoms with Crippen LogP contribution in [0.5, 0.6) is 0 Å². The quantitative estimate of drug-likeness (QED) is 0.846. The summed E-state index contributed by atoms with van der Waals surface area (Å²) < 4.78 is 6.33. The molecule has 108 valence electrons. The van der Waals surface area contributed by atoms with Crippen molar-refractivity contribution in [1.29, 1.82) is 0 Å². The summed E-state index contributed by atoms with van der Waals surface area (Å²) in [4.78, 5) is 2.37. The van der Waals surface area contributed by atoms with Gasteiger partial charge < -0.3 is 4.74 Å². The Hall–Kier alpha value is -0.970. The van der Waals surface area contributed by atoms with Crippen molar-refractivity contribution in [3.63, 3.8) is 0 Å². The van der Waals surface area contributed by atoms with E-state index >= 15 is 0 Å². The number of azo groups is 1. The first-order chi connectivity index (χ1) is 9.70. The molecule has 3 rings (SSSR count). The molecule has 0 aromatic heterocycles. The van der Waals surface area contributed by atoms with Crippen LogP contribution in [0.4, 0.5) is 0 Å². The second-order valence-corrected chi connectivity index (χ2v) is 5.90. The van der Waals surface area contributed by atoms with E-state index in [-0.39, 0.29) is 6.23 Å². The SMILES string of the molecule is CC(OC1(c2ccc(Cl)cc2)CCN=N1)N1CCCC1. The predicted octanol–water partition coefficient (Wildman–Crippen LogP) is 3.81. The maximum atomic E-state index is 6.33. The van der Waals surface area contributed by atoms with E-state index in [2.05, 4.69) is 22.1 Å². The molecule has 2 unspecified atom stereocenters. The van der Waals surface area contributed by atoms with E-state index in [9.17, 15) is 0 Å². The van der Waals surface area contributed by atoms with Gasteiger partial charge in [0, 0.05) is 30.1 Å². The molecule has 1 fully saturated rings. The third-order valence-electron chi connectivity index (χ3n) is 4.10. The Labute approximate surface area is 124 Å². The fraction of sp³-hybridized carbons (Fsp3) is 0.600. The van der Waals surface area contributed by atoms with Gasteiger partial charge in [0.25, 0.3) is 0 Å². The van der Waals surface area contributed by atoms with Crippen molar-refractivity contribution >= 4 is 11.6 Å². The first kappa shape index (κ1) is 14.0. The summed E-state index contributed by atoms with van der Waals surface area (Å²) in [5.74, 6) is 0. The molecule has 1 aromatic carbocycles. The number of ether oxygens (including phenoxy) is 1. The Balaban J connectivity index is 1.80. The molecule has 1 saturated heterocycles. The monoisotopic (exact) mass is 293 g/mol. The van der Waals surface area contributed by atoms with Gasteiger partial charge in [-0.05, 0) is 31.9 Å². The largest absolute Gasteiger partial charge is 0.330 e. The van der Waals surface area contributed by atoms with Crippen LogP contribution in [0.3, 0.4) is 0 Å². The highest BCUT2D eigenvalue weighted by Gasteiger charge is 2.39. The highest BCUT2D eigenvalue weighted by Crippen LogP contribution is 2.38. The summed E-state index contributed by atoms with van der Waals surface area (Å²) >= 11 is 5.97. The zero-order valence-corrected chi connectivity index (χ0v) is 12.5. The summed E-state index contributed by atoms with van der Waals surface area (Å²) in [6, 6.07) is 7.75. The Morgan fingerprint density at radius 1 is 1.25 bits per heavy atom. The fourth-order valence-electron chi connectivity index (χ4n) is 2.94. The van der Waals surface area contributed by atoms with Gasteiger partial charge in [0.05, 0.1) is 6.54 Å². The third kappa shape index (κ3) is 2.73. The lowest BCUT2D eigenvalue weighted by molar-refractivity contribution is -0.143. The molecule has 5 heteroatoms. The third-order valence-corrected chi connectivity index (χ3v) is 4.35. The molecular formula is C15H20ClN3O. The summed E-state index contributed by atoms with van der Waals surface area (Å²) in [7, 11) is 0. The lowest BCUT2D eigenvalue weighted by Gasteiger charge is -2.33. The van der Waals surface area contributed by atoms with E-state index < -0.39 is 5.72 Å². The highest BCUT2D eigenvalue weighted by atomic mass is 35.5. The van der Waals surface area contributed by atoms with Crippen molar-refractivity contribution in [2.24, 2.45) is 10.2 Å². The van der Waals surface area contributed by atoms with Crippen LogP contribution in [-0.2, 0) is 10.5 Å². The molecule has 1 aromatic rings. The van der Waals surface area contributed by atoms with E-state index in [0.29, 0.717) is 0 Å². The molecule has 20 heavy (non-hydrogen) atoms. The molecule has 0 aliphatic carbocycles. The fourth-order valence-corrected chi connectivity index (χ4v) is 3.07. The summed E-state index contributed by atoms with van der Waals surface area (Å²) in [5, 5.41) is 9.30. The van der Waals surface area contributed by atoms with Crippen LogP contribution in [0.1, 0.15) is 31.7 Å². The van der Waals surface area contributed by atoms with Gasteiger partial charge in [0.1, 0.15) is 6.23 Å². The van der Waals surface area contributed by atoms with Crippen LogP contribution in [0.25, 0.3) is 0 Å². The van der Waals surface area contributed by atoms with Gasteiger partial charge in [-0.1, -0.05) is 23.7 Å². The summed E-state index contributed by atoms with van der Waals surface area (Å²) in [5.41, 5.74) is 0.404. The smallest absolute Gasteiger partial charge is 0.208 e. The second-order valence-electron chi connectivity index (χ2n) is 5.47. The number of hydrogen-bond acceptors (Lipinski definition) is 4. The molecule has 2 atom stereocenters. The first-order valence-corrected chi connectivity index (χ1v) is 7.64. The average Bonchev–Trinajstić information content (AvgIpc) is 3.10. The van der Waals surface area contributed by atoms with Crippen LogP contribution in [0.2, 0.25) is 5.02 Å². The van der Waals surface area contributed by atoms with Gasteiger partial charge in [0.2, 0.25) is 5.72 Å². The van der Waals surface area contributed by atoms with E-state index in [1.54, 1.807) is 0 Å². The Morgan fingerprint density at radius 2 is 1.95 bits per heavy atom. The Kier molecular flexibility index (Phi) is 4.06. The van der Waals surface area contributed by atoms with Crippen LogP contribution >= 0.6 is 11.6 Å². The molecule has 0 amide bonds. The maximum absolute atomic E-state index is 6.33. The van der Waals surface area contributed by atoms with Gasteiger partial charge in [-0.15, -0.1) is 0 Å². The molecule has 4 nitrogen and oxygen atoms in total. The van der Waals surface area contributed by atoms with Crippen LogP contribution in [0.15, 0.2) is 34.5 Å². The van der Waals surface area contributed by atoms with Gasteiger partial charge in [-0.25, -0.2) is 0 Å². The molecule has 0 N–H and O–H groups in total. The van der Waals surface area contributed by atoms with Gasteiger partial charge in [-0.2, -0.15) is 10.2 Å². The molecule has 0 radical (unpaired) electrons.